The molecule has 198 valence electrons. The van der Waals surface area contributed by atoms with Crippen molar-refractivity contribution in [3.05, 3.63) is 65.5 Å². The van der Waals surface area contributed by atoms with Crippen LogP contribution in [0.5, 0.6) is 0 Å². The summed E-state index contributed by atoms with van der Waals surface area (Å²) in [4.78, 5) is 6.77. The largest absolute Gasteiger partial charge is 0.389 e. The van der Waals surface area contributed by atoms with E-state index in [-0.39, 0.29) is 16.6 Å². The van der Waals surface area contributed by atoms with Crippen LogP contribution in [-0.2, 0) is 4.74 Å². The van der Waals surface area contributed by atoms with Crippen molar-refractivity contribution in [1.29, 1.82) is 0 Å². The summed E-state index contributed by atoms with van der Waals surface area (Å²) in [6.45, 7) is 3.75. The van der Waals surface area contributed by atoms with Crippen molar-refractivity contribution in [3.63, 3.8) is 0 Å². The second-order valence-corrected chi connectivity index (χ2v) is 14.0. The Morgan fingerprint density at radius 2 is 1.92 bits per heavy atom. The molecule has 38 heavy (non-hydrogen) atoms. The molecule has 9 rings (SSSR count). The maximum Gasteiger partial charge on any atom is 0.0974 e. The number of hydrogen-bond donors (Lipinski definition) is 2. The van der Waals surface area contributed by atoms with Crippen LogP contribution in [0.2, 0.25) is 0 Å². The lowest BCUT2D eigenvalue weighted by Crippen LogP contribution is -2.56. The van der Waals surface area contributed by atoms with Gasteiger partial charge in [-0.05, 0) is 108 Å². The molecule has 10 atom stereocenters. The number of nitrogens with zero attached hydrogens (tertiary/aromatic N) is 2. The Balaban J connectivity index is 1.07. The van der Waals surface area contributed by atoms with Gasteiger partial charge in [0.15, 0.2) is 0 Å². The van der Waals surface area contributed by atoms with Crippen molar-refractivity contribution >= 4 is 10.8 Å². The minimum absolute atomic E-state index is 0.150. The number of benzene rings is 1. The maximum absolute atomic E-state index is 10.3. The van der Waals surface area contributed by atoms with Crippen LogP contribution in [0.25, 0.3) is 10.8 Å². The molecule has 7 aliphatic rings. The number of aromatic nitrogens is 1. The first kappa shape index (κ1) is 22.7. The van der Waals surface area contributed by atoms with E-state index in [2.05, 4.69) is 53.2 Å². The number of allylic oxidation sites excluding steroid dienone is 1. The summed E-state index contributed by atoms with van der Waals surface area (Å²) in [7, 11) is 0. The summed E-state index contributed by atoms with van der Waals surface area (Å²) in [6.07, 6.45) is 15.9. The van der Waals surface area contributed by atoms with Crippen molar-refractivity contribution in [2.45, 2.75) is 87.2 Å². The molecule has 0 amide bonds. The first-order valence-corrected chi connectivity index (χ1v) is 15.0. The van der Waals surface area contributed by atoms with Crippen molar-refractivity contribution < 1.29 is 14.9 Å². The third kappa shape index (κ3) is 2.79. The number of aliphatic hydroxyl groups excluding tert-OH is 2. The smallest absolute Gasteiger partial charge is 0.0974 e. The van der Waals surface area contributed by atoms with Gasteiger partial charge in [0.2, 0.25) is 0 Å². The van der Waals surface area contributed by atoms with Gasteiger partial charge in [0, 0.05) is 36.9 Å². The molecule has 2 spiro atoms. The summed E-state index contributed by atoms with van der Waals surface area (Å²) in [6, 6.07) is 9.57. The number of fused-ring (bicyclic) bond motifs is 4. The van der Waals surface area contributed by atoms with E-state index in [1.165, 1.54) is 41.2 Å². The summed E-state index contributed by atoms with van der Waals surface area (Å²) >= 11 is 0. The van der Waals surface area contributed by atoms with Crippen LogP contribution in [0.3, 0.4) is 0 Å². The predicted octanol–water partition coefficient (Wildman–Crippen LogP) is 4.74. The molecule has 3 saturated carbocycles. The molecule has 1 aromatic carbocycles. The third-order valence-electron chi connectivity index (χ3n) is 12.4. The number of likely N-dealkylation sites (tertiary alicyclic amines) is 1. The van der Waals surface area contributed by atoms with Crippen LogP contribution < -0.4 is 0 Å². The highest BCUT2D eigenvalue weighted by molar-refractivity contribution is 5.82. The number of aliphatic hydroxyl groups is 2. The monoisotopic (exact) mass is 510 g/mol. The second-order valence-electron chi connectivity index (χ2n) is 14.0. The van der Waals surface area contributed by atoms with Crippen molar-refractivity contribution in [2.75, 3.05) is 13.1 Å². The zero-order chi connectivity index (χ0) is 25.4. The molecule has 5 fully saturated rings. The highest BCUT2D eigenvalue weighted by atomic mass is 16.5. The Morgan fingerprint density at radius 1 is 1.05 bits per heavy atom. The van der Waals surface area contributed by atoms with Crippen molar-refractivity contribution in [2.24, 2.45) is 23.2 Å². The lowest BCUT2D eigenvalue weighted by molar-refractivity contribution is -0.141. The van der Waals surface area contributed by atoms with Gasteiger partial charge < -0.3 is 14.9 Å². The van der Waals surface area contributed by atoms with E-state index >= 15 is 0 Å². The topological polar surface area (TPSA) is 65.8 Å². The molecule has 4 heterocycles. The quantitative estimate of drug-likeness (QED) is 0.611. The standard InChI is InChI=1S/C33H38N2O3/c1-31-8-6-22-13-26-23-14-24(23)27(35-17-28(36)29(37)18-35)15-32(26)9-10-33(22,38-32)30(31)5-4-25(31)20-3-2-19-7-11-34-16-21(19)12-20/h2-3,6-7,11-13,16,23-25,27-30,36-37H,4-5,8-10,14-15,17-18H2,1H3/t23-,24+,25+,27-,28-,29-,30+,31+,32+,33?/m0/s1. The Hall–Kier alpha value is -2.05. The zero-order valence-corrected chi connectivity index (χ0v) is 22.2. The molecule has 5 nitrogen and oxygen atoms in total. The van der Waals surface area contributed by atoms with Crippen molar-refractivity contribution in [3.8, 4) is 0 Å². The fraction of sp³-hybridized carbons (Fsp3) is 0.606. The molecule has 2 bridgehead atoms. The van der Waals surface area contributed by atoms with E-state index < -0.39 is 12.2 Å². The summed E-state index contributed by atoms with van der Waals surface area (Å²) in [5, 5.41) is 23.1. The van der Waals surface area contributed by atoms with Gasteiger partial charge in [-0.1, -0.05) is 31.2 Å². The van der Waals surface area contributed by atoms with E-state index in [0.29, 0.717) is 42.8 Å². The molecule has 2 saturated heterocycles. The zero-order valence-electron chi connectivity index (χ0n) is 22.2. The SMILES string of the molecule is C[C@]12CC=C3C=C4[C@H]5C[C@H]5[C@@H](N5C[C@H](O)[C@@H](O)C5)C[C@]45CCC3(O5)[C@@H]1CC[C@@H]2c1ccc2ccncc2c1. The molecule has 1 unspecified atom stereocenters. The lowest BCUT2D eigenvalue weighted by Gasteiger charge is -2.54. The summed E-state index contributed by atoms with van der Waals surface area (Å²) in [5.41, 5.74) is 4.42. The fourth-order valence-electron chi connectivity index (χ4n) is 10.5. The molecule has 1 aromatic heterocycles. The van der Waals surface area contributed by atoms with E-state index in [9.17, 15) is 10.2 Å². The number of β-amino-alcohol motifs (C(OH)–C–C–N with tert-alkyl or cyclic N) is 2. The van der Waals surface area contributed by atoms with Gasteiger partial charge in [0.25, 0.3) is 0 Å². The molecule has 4 aliphatic carbocycles. The molecule has 2 aromatic rings. The van der Waals surface area contributed by atoms with Crippen LogP contribution in [-0.4, -0.2) is 62.6 Å². The maximum atomic E-state index is 10.3. The number of hydrogen-bond acceptors (Lipinski definition) is 5. The normalized spacial score (nSPS) is 48.7. The van der Waals surface area contributed by atoms with Gasteiger partial charge in [-0.3, -0.25) is 9.88 Å². The summed E-state index contributed by atoms with van der Waals surface area (Å²) < 4.78 is 7.56. The van der Waals surface area contributed by atoms with Gasteiger partial charge in [0.05, 0.1) is 23.4 Å². The average molecular weight is 511 g/mol. The molecular weight excluding hydrogens is 472 g/mol. The Bertz CT molecular complexity index is 1410. The Morgan fingerprint density at radius 3 is 2.79 bits per heavy atom. The molecule has 3 aliphatic heterocycles. The minimum atomic E-state index is -0.612. The second kappa shape index (κ2) is 7.37. The first-order chi connectivity index (χ1) is 18.4. The van der Waals surface area contributed by atoms with Gasteiger partial charge in [-0.2, -0.15) is 0 Å². The van der Waals surface area contributed by atoms with Gasteiger partial charge in [0.1, 0.15) is 0 Å². The summed E-state index contributed by atoms with van der Waals surface area (Å²) in [5.74, 6) is 2.35. The number of ether oxygens (including phenoxy) is 1. The van der Waals surface area contributed by atoms with Gasteiger partial charge in [-0.15, -0.1) is 0 Å². The third-order valence-corrected chi connectivity index (χ3v) is 12.4. The first-order valence-electron chi connectivity index (χ1n) is 15.0. The van der Waals surface area contributed by atoms with E-state index in [0.717, 1.165) is 25.7 Å². The molecule has 2 N–H and O–H groups in total. The van der Waals surface area contributed by atoms with Crippen LogP contribution in [0.1, 0.15) is 63.4 Å². The molecule has 5 heteroatoms. The van der Waals surface area contributed by atoms with Crippen LogP contribution >= 0.6 is 0 Å². The van der Waals surface area contributed by atoms with Crippen LogP contribution in [0.15, 0.2) is 60.0 Å². The minimum Gasteiger partial charge on any atom is -0.389 e. The Kier molecular flexibility index (Phi) is 4.41. The van der Waals surface area contributed by atoms with E-state index in [1.807, 2.05) is 12.4 Å². The van der Waals surface area contributed by atoms with E-state index in [4.69, 9.17) is 4.74 Å². The molecule has 0 radical (unpaired) electrons. The van der Waals surface area contributed by atoms with Gasteiger partial charge >= 0.3 is 0 Å². The lowest BCUT2D eigenvalue weighted by atomic mass is 9.58. The van der Waals surface area contributed by atoms with Crippen LogP contribution in [0.4, 0.5) is 0 Å². The highest BCUT2D eigenvalue weighted by Gasteiger charge is 2.70. The van der Waals surface area contributed by atoms with Crippen LogP contribution in [0, 0.1) is 23.2 Å². The number of rotatable bonds is 2. The van der Waals surface area contributed by atoms with Crippen molar-refractivity contribution in [1.82, 2.24) is 9.88 Å². The molecular formula is C33H38N2O3. The van der Waals surface area contributed by atoms with Gasteiger partial charge in [-0.25, -0.2) is 0 Å². The average Bonchev–Trinajstić information content (AvgIpc) is 3.41. The number of pyridine rings is 1. The highest BCUT2D eigenvalue weighted by Crippen LogP contribution is 2.72. The fourth-order valence-corrected chi connectivity index (χ4v) is 10.5. The Labute approximate surface area is 224 Å². The predicted molar refractivity (Wildman–Crippen MR) is 145 cm³/mol. The van der Waals surface area contributed by atoms with E-state index in [1.54, 1.807) is 5.57 Å².